The van der Waals surface area contributed by atoms with Crippen molar-refractivity contribution in [3.05, 3.63) is 18.2 Å². The molecule has 1 rings (SSSR count). The summed E-state index contributed by atoms with van der Waals surface area (Å²) in [4.78, 5) is 0. The summed E-state index contributed by atoms with van der Waals surface area (Å²) in [7, 11) is 0. The van der Waals surface area contributed by atoms with Gasteiger partial charge in [-0.1, -0.05) is 8.96 Å². The molecule has 9 heteroatoms. The Balaban J connectivity index is 3.07. The van der Waals surface area contributed by atoms with E-state index in [0.29, 0.717) is 18.2 Å². The van der Waals surface area contributed by atoms with E-state index in [-0.39, 0.29) is 0 Å². The van der Waals surface area contributed by atoms with Gasteiger partial charge in [0.25, 0.3) is 0 Å². The monoisotopic (exact) mass is 246 g/mol. The van der Waals surface area contributed by atoms with Gasteiger partial charge in [0.2, 0.25) is 0 Å². The summed E-state index contributed by atoms with van der Waals surface area (Å²) in [6.45, 7) is 0. The molecule has 90 valence electrons. The van der Waals surface area contributed by atoms with E-state index in [0.717, 1.165) is 5.54 Å². The quantitative estimate of drug-likeness (QED) is 0.652. The average Bonchev–Trinajstić information content (AvgIpc) is 2.15. The summed E-state index contributed by atoms with van der Waals surface area (Å²) in [6, 6.07) is 1.74. The van der Waals surface area contributed by atoms with Crippen LogP contribution < -0.4 is 15.6 Å². The number of nitrogens with zero attached hydrogens (tertiary/aromatic N) is 1. The van der Waals surface area contributed by atoms with E-state index in [1.807, 2.05) is 0 Å². The van der Waals surface area contributed by atoms with Gasteiger partial charge in [0.05, 0.1) is 0 Å². The number of hydrogen-bond donors (Lipinski definition) is 1. The number of hydrogen-bond acceptors (Lipinski definition) is 3. The number of rotatable bonds is 3. The van der Waals surface area contributed by atoms with Crippen molar-refractivity contribution in [2.45, 2.75) is 6.36 Å². The van der Waals surface area contributed by atoms with E-state index >= 15 is 0 Å². The van der Waals surface area contributed by atoms with Crippen LogP contribution in [0.2, 0.25) is 0 Å². The topological polar surface area (TPSA) is 24.5 Å². The number of halogens is 6. The minimum Gasteiger partial charge on any atom is -0.403 e. The number of nitrogens with one attached hydrogen (secondary N) is 1. The molecule has 0 atom stereocenters. The molecule has 0 saturated heterocycles. The first-order valence-electron chi connectivity index (χ1n) is 3.71. The van der Waals surface area contributed by atoms with Gasteiger partial charge in [-0.15, -0.1) is 17.7 Å². The van der Waals surface area contributed by atoms with Gasteiger partial charge < -0.3 is 4.74 Å². The van der Waals surface area contributed by atoms with Crippen molar-refractivity contribution in [3.63, 3.8) is 0 Å². The largest absolute Gasteiger partial charge is 0.573 e. The van der Waals surface area contributed by atoms with Crippen molar-refractivity contribution in [3.8, 4) is 5.75 Å². The van der Waals surface area contributed by atoms with E-state index in [4.69, 9.17) is 0 Å². The molecule has 0 bridgehead atoms. The van der Waals surface area contributed by atoms with Crippen LogP contribution in [0, 0.1) is 0 Å². The molecule has 1 N–H and O–H groups in total. The number of alkyl halides is 3. The zero-order valence-corrected chi connectivity index (χ0v) is 7.36. The second-order valence-electron chi connectivity index (χ2n) is 2.56. The fourth-order valence-electron chi connectivity index (χ4n) is 0.903. The van der Waals surface area contributed by atoms with Crippen molar-refractivity contribution in [1.29, 1.82) is 0 Å². The molecule has 0 saturated carbocycles. The predicted molar refractivity (Wildman–Crippen MR) is 42.6 cm³/mol. The predicted octanol–water partition coefficient (Wildman–Crippen LogP) is 3.46. The van der Waals surface area contributed by atoms with Crippen LogP contribution in [0.15, 0.2) is 18.2 Å². The van der Waals surface area contributed by atoms with Crippen LogP contribution in [0.3, 0.4) is 0 Å². The molecule has 16 heavy (non-hydrogen) atoms. The summed E-state index contributed by atoms with van der Waals surface area (Å²) in [5.74, 6) is -1.09. The van der Waals surface area contributed by atoms with Crippen LogP contribution in [0.25, 0.3) is 0 Å². The van der Waals surface area contributed by atoms with E-state index < -0.39 is 28.8 Å². The van der Waals surface area contributed by atoms with Crippen LogP contribution in [0.4, 0.5) is 38.0 Å². The number of anilines is 2. The summed E-state index contributed by atoms with van der Waals surface area (Å²) in [6.07, 6.45) is -5.10. The Kier molecular flexibility index (Phi) is 3.35. The molecule has 0 aromatic heterocycles. The lowest BCUT2D eigenvalue weighted by atomic mass is 10.2. The lowest BCUT2D eigenvalue weighted by molar-refractivity contribution is -0.274. The van der Waals surface area contributed by atoms with E-state index in [2.05, 4.69) is 4.74 Å². The van der Waals surface area contributed by atoms with Gasteiger partial charge in [-0.2, -0.15) is 0 Å². The molecule has 0 heterocycles. The minimum absolute atomic E-state index is 0.343. The maximum absolute atomic E-state index is 12.0. The van der Waals surface area contributed by atoms with Crippen LogP contribution >= 0.6 is 0 Å². The summed E-state index contributed by atoms with van der Waals surface area (Å²) in [5.41, 5.74) is -0.672. The first-order chi connectivity index (χ1) is 7.33. The van der Waals surface area contributed by atoms with Gasteiger partial charge >= 0.3 is 6.36 Å². The van der Waals surface area contributed by atoms with Gasteiger partial charge in [0, 0.05) is 6.07 Å². The second-order valence-corrected chi connectivity index (χ2v) is 2.56. The van der Waals surface area contributed by atoms with E-state index in [1.54, 1.807) is 0 Å². The Morgan fingerprint density at radius 3 is 2.25 bits per heavy atom. The van der Waals surface area contributed by atoms with Gasteiger partial charge in [-0.25, -0.2) is 5.54 Å². The van der Waals surface area contributed by atoms with Crippen molar-refractivity contribution < 1.29 is 31.4 Å². The van der Waals surface area contributed by atoms with Crippen LogP contribution in [0.5, 0.6) is 5.75 Å². The van der Waals surface area contributed by atoms with E-state index in [1.165, 1.54) is 0 Å². The maximum atomic E-state index is 12.0. The molecule has 0 aliphatic heterocycles. The lowest BCUT2D eigenvalue weighted by Gasteiger charge is -2.13. The SMILES string of the molecule is FNc1ccc(N(F)F)cc1OC(F)(F)F. The van der Waals surface area contributed by atoms with Crippen molar-refractivity contribution >= 4 is 11.4 Å². The molecule has 1 aromatic rings. The second kappa shape index (κ2) is 4.37. The van der Waals surface area contributed by atoms with Gasteiger partial charge in [0.1, 0.15) is 11.4 Å². The fourth-order valence-corrected chi connectivity index (χ4v) is 0.903. The molecule has 0 fully saturated rings. The zero-order chi connectivity index (χ0) is 12.3. The molecule has 0 radical (unpaired) electrons. The van der Waals surface area contributed by atoms with Gasteiger partial charge in [-0.05, 0) is 17.5 Å². The van der Waals surface area contributed by atoms with Gasteiger partial charge in [-0.3, -0.25) is 0 Å². The first kappa shape index (κ1) is 12.3. The average molecular weight is 246 g/mol. The smallest absolute Gasteiger partial charge is 0.403 e. The third-order valence-electron chi connectivity index (χ3n) is 1.49. The zero-order valence-electron chi connectivity index (χ0n) is 7.36. The Labute approximate surface area is 85.0 Å². The highest BCUT2D eigenvalue weighted by Crippen LogP contribution is 2.34. The fraction of sp³-hybridized carbons (Fsp3) is 0.143. The Bertz CT molecular complexity index is 366. The van der Waals surface area contributed by atoms with Gasteiger partial charge in [0.15, 0.2) is 5.75 Å². The molecule has 0 aliphatic carbocycles. The normalized spacial score (nSPS) is 11.1. The third kappa shape index (κ3) is 3.11. The summed E-state index contributed by atoms with van der Waals surface area (Å²) < 4.78 is 74.8. The van der Waals surface area contributed by atoms with Crippen molar-refractivity contribution in [2.75, 3.05) is 10.9 Å². The highest BCUT2D eigenvalue weighted by Gasteiger charge is 2.32. The van der Waals surface area contributed by atoms with Crippen molar-refractivity contribution in [2.24, 2.45) is 0 Å². The van der Waals surface area contributed by atoms with Crippen LogP contribution in [-0.2, 0) is 0 Å². The Morgan fingerprint density at radius 2 is 1.81 bits per heavy atom. The Hall–Kier alpha value is -1.80. The minimum atomic E-state index is -5.10. The standard InChI is InChI=1S/C7H4F6N2O/c8-7(9,10)16-6-3-4(15(12)13)1-2-5(6)14-11/h1-3,14H. The highest BCUT2D eigenvalue weighted by molar-refractivity contribution is 5.62. The molecule has 0 amide bonds. The molecule has 0 aliphatic rings. The van der Waals surface area contributed by atoms with Crippen molar-refractivity contribution in [1.82, 2.24) is 0 Å². The molecular weight excluding hydrogens is 242 g/mol. The highest BCUT2D eigenvalue weighted by atomic mass is 19.4. The molecule has 0 spiro atoms. The van der Waals surface area contributed by atoms with Crippen LogP contribution in [0.1, 0.15) is 0 Å². The van der Waals surface area contributed by atoms with Crippen LogP contribution in [-0.4, -0.2) is 6.36 Å². The summed E-state index contributed by atoms with van der Waals surface area (Å²) >= 11 is 0. The Morgan fingerprint density at radius 1 is 1.19 bits per heavy atom. The third-order valence-corrected chi connectivity index (χ3v) is 1.49. The molecular formula is C7H4F6N2O. The lowest BCUT2D eigenvalue weighted by Crippen LogP contribution is -2.18. The molecule has 0 unspecified atom stereocenters. The number of benzene rings is 1. The number of ether oxygens (including phenoxy) is 1. The first-order valence-corrected chi connectivity index (χ1v) is 3.71. The molecule has 1 aromatic carbocycles. The summed E-state index contributed by atoms with van der Waals surface area (Å²) in [5, 5.41) is -1.43. The molecule has 3 nitrogen and oxygen atoms in total. The van der Waals surface area contributed by atoms with E-state index in [9.17, 15) is 26.6 Å². The maximum Gasteiger partial charge on any atom is 0.573 e.